The Kier molecular flexibility index (Phi) is 2.94. The van der Waals surface area contributed by atoms with Crippen molar-refractivity contribution in [3.05, 3.63) is 12.1 Å². The number of rotatable bonds is 2. The molecule has 0 amide bonds. The molecular weight excluding hydrogens is 205 g/mol. The topological polar surface area (TPSA) is 63.8 Å². The quantitative estimate of drug-likeness (QED) is 0.438. The smallest absolute Gasteiger partial charge is 0.307 e. The number of nitrogens with one attached hydrogen (secondary N) is 1. The zero-order valence-corrected chi connectivity index (χ0v) is 6.99. The first-order chi connectivity index (χ1) is 6.01. The Morgan fingerprint density at radius 2 is 2.00 bits per heavy atom. The third kappa shape index (κ3) is 3.47. The van der Waals surface area contributed by atoms with Crippen LogP contribution >= 0.6 is 11.8 Å². The molecule has 0 saturated heterocycles. The number of hydrazine groups is 1. The van der Waals surface area contributed by atoms with Gasteiger partial charge in [-0.2, -0.15) is 13.2 Å². The van der Waals surface area contributed by atoms with E-state index in [9.17, 15) is 13.2 Å². The summed E-state index contributed by atoms with van der Waals surface area (Å²) in [5.41, 5.74) is -2.19. The van der Waals surface area contributed by atoms with Gasteiger partial charge in [0.2, 0.25) is 0 Å². The van der Waals surface area contributed by atoms with Crippen molar-refractivity contribution in [2.75, 3.05) is 5.43 Å². The van der Waals surface area contributed by atoms with Gasteiger partial charge in [0.05, 0.1) is 0 Å². The molecule has 72 valence electrons. The average Bonchev–Trinajstić information content (AvgIpc) is 2.03. The highest BCUT2D eigenvalue weighted by atomic mass is 32.2. The van der Waals surface area contributed by atoms with E-state index in [-0.39, 0.29) is 22.6 Å². The molecule has 13 heavy (non-hydrogen) atoms. The van der Waals surface area contributed by atoms with Gasteiger partial charge in [-0.3, -0.25) is 0 Å². The molecule has 0 atom stereocenters. The van der Waals surface area contributed by atoms with Crippen molar-refractivity contribution >= 4 is 17.6 Å². The predicted molar refractivity (Wildman–Crippen MR) is 41.8 cm³/mol. The summed E-state index contributed by atoms with van der Waals surface area (Å²) in [6.07, 6.45) is 0. The van der Waals surface area contributed by atoms with E-state index in [0.717, 1.165) is 0 Å². The van der Waals surface area contributed by atoms with Crippen molar-refractivity contribution in [1.29, 1.82) is 0 Å². The van der Waals surface area contributed by atoms with Crippen LogP contribution < -0.4 is 11.3 Å². The Labute approximate surface area is 75.7 Å². The molecule has 0 aliphatic carbocycles. The lowest BCUT2D eigenvalue weighted by atomic mass is 10.5. The molecule has 1 rings (SSSR count). The highest BCUT2D eigenvalue weighted by Crippen LogP contribution is 2.35. The Morgan fingerprint density at radius 1 is 1.31 bits per heavy atom. The van der Waals surface area contributed by atoms with Gasteiger partial charge in [-0.1, -0.05) is 0 Å². The van der Waals surface area contributed by atoms with Crippen LogP contribution in [0.5, 0.6) is 0 Å². The third-order valence-electron chi connectivity index (χ3n) is 1.01. The van der Waals surface area contributed by atoms with Gasteiger partial charge < -0.3 is 5.43 Å². The fourth-order valence-electron chi connectivity index (χ4n) is 0.570. The van der Waals surface area contributed by atoms with E-state index >= 15 is 0 Å². The first-order valence-electron chi connectivity index (χ1n) is 3.07. The Bertz CT molecular complexity index is 272. The second-order valence-corrected chi connectivity index (χ2v) is 3.03. The van der Waals surface area contributed by atoms with E-state index in [1.54, 1.807) is 0 Å². The number of nitrogens with two attached hydrogens (primary N) is 1. The van der Waals surface area contributed by atoms with Crippen LogP contribution in [0.1, 0.15) is 0 Å². The Morgan fingerprint density at radius 3 is 2.38 bits per heavy atom. The molecule has 1 aromatic rings. The number of aromatic nitrogens is 2. The van der Waals surface area contributed by atoms with Crippen LogP contribution in [0.15, 0.2) is 17.2 Å². The van der Waals surface area contributed by atoms with Crippen molar-refractivity contribution in [3.8, 4) is 0 Å². The van der Waals surface area contributed by atoms with Gasteiger partial charge in [0.25, 0.3) is 0 Å². The van der Waals surface area contributed by atoms with Crippen molar-refractivity contribution < 1.29 is 13.2 Å². The van der Waals surface area contributed by atoms with Crippen LogP contribution in [0, 0.1) is 0 Å². The lowest BCUT2D eigenvalue weighted by Gasteiger charge is -2.03. The maximum Gasteiger partial charge on any atom is 0.447 e. The number of hydrogen-bond acceptors (Lipinski definition) is 5. The molecule has 1 aromatic heterocycles. The van der Waals surface area contributed by atoms with Gasteiger partial charge in [-0.15, -0.1) is 10.2 Å². The molecule has 3 N–H and O–H groups in total. The molecule has 4 nitrogen and oxygen atoms in total. The van der Waals surface area contributed by atoms with E-state index in [0.29, 0.717) is 0 Å². The number of nitrogen functional groups attached to an aromatic ring is 1. The fourth-order valence-corrected chi connectivity index (χ4v) is 1.02. The fraction of sp³-hybridized carbons (Fsp3) is 0.200. The number of thioether (sulfide) groups is 1. The normalized spacial score (nSPS) is 11.4. The molecule has 0 aromatic carbocycles. The molecule has 0 unspecified atom stereocenters. The van der Waals surface area contributed by atoms with E-state index in [4.69, 9.17) is 5.84 Å². The van der Waals surface area contributed by atoms with Gasteiger partial charge in [-0.25, -0.2) is 5.84 Å². The van der Waals surface area contributed by atoms with Crippen molar-refractivity contribution in [2.45, 2.75) is 10.5 Å². The second kappa shape index (κ2) is 3.79. The minimum absolute atomic E-state index is 0.214. The molecule has 8 heteroatoms. The molecule has 0 spiro atoms. The Hall–Kier alpha value is -1.02. The third-order valence-corrected chi connectivity index (χ3v) is 1.67. The number of halogens is 3. The molecule has 0 radical (unpaired) electrons. The lowest BCUT2D eigenvalue weighted by molar-refractivity contribution is -0.0329. The summed E-state index contributed by atoms with van der Waals surface area (Å²) in [5, 5.41) is 6.44. The van der Waals surface area contributed by atoms with Gasteiger partial charge >= 0.3 is 5.51 Å². The summed E-state index contributed by atoms with van der Waals surface area (Å²) in [4.78, 5) is 0. The molecule has 1 heterocycles. The average molecular weight is 210 g/mol. The van der Waals surface area contributed by atoms with Crippen LogP contribution in [-0.2, 0) is 0 Å². The number of anilines is 1. The molecule has 0 saturated carbocycles. The van der Waals surface area contributed by atoms with E-state index in [2.05, 4.69) is 15.6 Å². The zero-order chi connectivity index (χ0) is 9.90. The number of hydrogen-bond donors (Lipinski definition) is 2. The van der Waals surface area contributed by atoms with Crippen LogP contribution in [0.2, 0.25) is 0 Å². The molecule has 0 aliphatic rings. The first-order valence-corrected chi connectivity index (χ1v) is 3.89. The standard InChI is InChI=1S/C5H5F3N4S/c6-5(7,8)13-4-2-1-3(10-9)11-12-4/h1-2H,9H2,(H,10,11). The monoisotopic (exact) mass is 210 g/mol. The largest absolute Gasteiger partial charge is 0.447 e. The van der Waals surface area contributed by atoms with E-state index in [1.807, 2.05) is 0 Å². The molecule has 0 fully saturated rings. The summed E-state index contributed by atoms with van der Waals surface area (Å²) in [6, 6.07) is 2.49. The summed E-state index contributed by atoms with van der Waals surface area (Å²) in [7, 11) is 0. The second-order valence-electron chi connectivity index (χ2n) is 1.95. The SMILES string of the molecule is NNc1ccc(SC(F)(F)F)nn1. The molecule has 0 aliphatic heterocycles. The number of nitrogens with zero attached hydrogens (tertiary/aromatic N) is 2. The highest BCUT2D eigenvalue weighted by Gasteiger charge is 2.30. The van der Waals surface area contributed by atoms with E-state index < -0.39 is 5.51 Å². The Balaban J connectivity index is 2.70. The van der Waals surface area contributed by atoms with Crippen molar-refractivity contribution in [1.82, 2.24) is 10.2 Å². The first kappa shape index (κ1) is 10.1. The van der Waals surface area contributed by atoms with Gasteiger partial charge in [0, 0.05) is 11.8 Å². The minimum Gasteiger partial charge on any atom is -0.307 e. The van der Waals surface area contributed by atoms with Crippen molar-refractivity contribution in [2.24, 2.45) is 5.84 Å². The zero-order valence-electron chi connectivity index (χ0n) is 6.17. The summed E-state index contributed by atoms with van der Waals surface area (Å²) >= 11 is -0.322. The molecular formula is C5H5F3N4S. The lowest BCUT2D eigenvalue weighted by Crippen LogP contribution is -2.09. The van der Waals surface area contributed by atoms with Crippen LogP contribution in [0.3, 0.4) is 0 Å². The minimum atomic E-state index is -4.34. The van der Waals surface area contributed by atoms with Gasteiger partial charge in [-0.05, 0) is 12.1 Å². The summed E-state index contributed by atoms with van der Waals surface area (Å²) < 4.78 is 35.3. The summed E-state index contributed by atoms with van der Waals surface area (Å²) in [5.74, 6) is 5.16. The maximum absolute atomic E-state index is 11.8. The highest BCUT2D eigenvalue weighted by molar-refractivity contribution is 8.00. The van der Waals surface area contributed by atoms with Crippen LogP contribution in [-0.4, -0.2) is 15.7 Å². The number of alkyl halides is 3. The summed E-state index contributed by atoms with van der Waals surface area (Å²) in [6.45, 7) is 0. The van der Waals surface area contributed by atoms with Crippen LogP contribution in [0.25, 0.3) is 0 Å². The van der Waals surface area contributed by atoms with Crippen molar-refractivity contribution in [3.63, 3.8) is 0 Å². The molecule has 0 bridgehead atoms. The van der Waals surface area contributed by atoms with Gasteiger partial charge in [0.15, 0.2) is 5.82 Å². The van der Waals surface area contributed by atoms with E-state index in [1.165, 1.54) is 12.1 Å². The predicted octanol–water partition coefficient (Wildman–Crippen LogP) is 1.37. The van der Waals surface area contributed by atoms with Gasteiger partial charge in [0.1, 0.15) is 5.03 Å². The maximum atomic E-state index is 11.8. The van der Waals surface area contributed by atoms with Crippen LogP contribution in [0.4, 0.5) is 19.0 Å².